The lowest BCUT2D eigenvalue weighted by molar-refractivity contribution is 0.0608. The van der Waals surface area contributed by atoms with Gasteiger partial charge in [-0.15, -0.1) is 0 Å². The molecule has 74 valence electrons. The molecule has 1 aromatic rings. The molecular weight excluding hydrogens is 178 g/mol. The average Bonchev–Trinajstić information content (AvgIpc) is 2.44. The summed E-state index contributed by atoms with van der Waals surface area (Å²) in [7, 11) is 0. The number of rotatable bonds is 0. The van der Waals surface area contributed by atoms with Gasteiger partial charge in [-0.25, -0.2) is 9.97 Å². The second-order valence-corrected chi connectivity index (χ2v) is 4.45. The molecule has 1 aliphatic heterocycles. The first-order chi connectivity index (χ1) is 6.50. The van der Waals surface area contributed by atoms with Crippen molar-refractivity contribution in [3.63, 3.8) is 0 Å². The van der Waals surface area contributed by atoms with Crippen LogP contribution in [0.2, 0.25) is 0 Å². The first-order valence-corrected chi connectivity index (χ1v) is 4.61. The second-order valence-electron chi connectivity index (χ2n) is 4.45. The summed E-state index contributed by atoms with van der Waals surface area (Å²) in [6, 6.07) is 0. The predicted molar refractivity (Wildman–Crippen MR) is 51.7 cm³/mol. The molecule has 0 aliphatic carbocycles. The number of hydrogen-bond donors (Lipinski definition) is 0. The summed E-state index contributed by atoms with van der Waals surface area (Å²) < 4.78 is 0. The van der Waals surface area contributed by atoms with Gasteiger partial charge in [-0.1, -0.05) is 0 Å². The molecule has 0 radical (unpaired) electrons. The molecule has 0 atom stereocenters. The molecule has 0 unspecified atom stereocenters. The van der Waals surface area contributed by atoms with Crippen LogP contribution >= 0.6 is 0 Å². The highest BCUT2D eigenvalue weighted by atomic mass is 16.2. The number of carbonyl (C=O) groups excluding carboxylic acids is 1. The zero-order chi connectivity index (χ0) is 10.3. The Morgan fingerprint density at radius 2 is 2.14 bits per heavy atom. The Hall–Kier alpha value is -1.45. The summed E-state index contributed by atoms with van der Waals surface area (Å²) >= 11 is 0. The normalized spacial score (nSPS) is 15.9. The van der Waals surface area contributed by atoms with Crippen molar-refractivity contribution in [3.05, 3.63) is 23.8 Å². The van der Waals surface area contributed by atoms with E-state index in [0.717, 1.165) is 5.69 Å². The minimum Gasteiger partial charge on any atom is -0.328 e. The SMILES string of the molecule is CC(C)(C)N1Cc2ncncc2C1=O. The molecule has 1 aliphatic rings. The van der Waals surface area contributed by atoms with Crippen LogP contribution in [0.25, 0.3) is 0 Å². The van der Waals surface area contributed by atoms with E-state index in [1.807, 2.05) is 25.7 Å². The smallest absolute Gasteiger partial charge is 0.258 e. The van der Waals surface area contributed by atoms with Gasteiger partial charge in [-0.2, -0.15) is 0 Å². The lowest BCUT2D eigenvalue weighted by atomic mass is 10.1. The molecule has 0 aromatic carbocycles. The number of aromatic nitrogens is 2. The number of hydrogen-bond acceptors (Lipinski definition) is 3. The number of amides is 1. The molecule has 0 N–H and O–H groups in total. The van der Waals surface area contributed by atoms with Gasteiger partial charge in [0.1, 0.15) is 6.33 Å². The third kappa shape index (κ3) is 1.27. The highest BCUT2D eigenvalue weighted by molar-refractivity contribution is 5.97. The van der Waals surface area contributed by atoms with Crippen molar-refractivity contribution in [2.75, 3.05) is 0 Å². The van der Waals surface area contributed by atoms with Gasteiger partial charge in [-0.3, -0.25) is 4.79 Å². The van der Waals surface area contributed by atoms with E-state index < -0.39 is 0 Å². The number of fused-ring (bicyclic) bond motifs is 1. The van der Waals surface area contributed by atoms with Gasteiger partial charge in [0, 0.05) is 11.7 Å². The van der Waals surface area contributed by atoms with E-state index in [1.165, 1.54) is 6.33 Å². The van der Waals surface area contributed by atoms with Crippen molar-refractivity contribution >= 4 is 5.91 Å². The Labute approximate surface area is 83.0 Å². The molecule has 4 heteroatoms. The second kappa shape index (κ2) is 2.77. The molecule has 2 heterocycles. The molecule has 1 aromatic heterocycles. The standard InChI is InChI=1S/C10H13N3O/c1-10(2,3)13-5-8-7(9(13)14)4-11-6-12-8/h4,6H,5H2,1-3H3. The Morgan fingerprint density at radius 3 is 2.71 bits per heavy atom. The Kier molecular flexibility index (Phi) is 1.80. The first kappa shape index (κ1) is 9.12. The molecule has 0 fully saturated rings. The van der Waals surface area contributed by atoms with Gasteiger partial charge in [0.25, 0.3) is 5.91 Å². The number of nitrogens with zero attached hydrogens (tertiary/aromatic N) is 3. The van der Waals surface area contributed by atoms with Crippen LogP contribution in [-0.4, -0.2) is 26.3 Å². The maximum absolute atomic E-state index is 11.9. The molecule has 0 saturated carbocycles. The first-order valence-electron chi connectivity index (χ1n) is 4.61. The topological polar surface area (TPSA) is 46.1 Å². The fraction of sp³-hybridized carbons (Fsp3) is 0.500. The molecule has 0 bridgehead atoms. The van der Waals surface area contributed by atoms with Gasteiger partial charge < -0.3 is 4.90 Å². The largest absolute Gasteiger partial charge is 0.328 e. The van der Waals surface area contributed by atoms with E-state index >= 15 is 0 Å². The lowest BCUT2D eigenvalue weighted by Crippen LogP contribution is -2.41. The van der Waals surface area contributed by atoms with Crippen LogP contribution in [0.4, 0.5) is 0 Å². The summed E-state index contributed by atoms with van der Waals surface area (Å²) in [5, 5.41) is 0. The van der Waals surface area contributed by atoms with Crippen LogP contribution in [0.1, 0.15) is 36.8 Å². The van der Waals surface area contributed by atoms with Gasteiger partial charge in [0.2, 0.25) is 0 Å². The van der Waals surface area contributed by atoms with Crippen molar-refractivity contribution in [2.45, 2.75) is 32.9 Å². The van der Waals surface area contributed by atoms with E-state index in [0.29, 0.717) is 12.1 Å². The van der Waals surface area contributed by atoms with Crippen molar-refractivity contribution in [3.8, 4) is 0 Å². The molecule has 4 nitrogen and oxygen atoms in total. The summed E-state index contributed by atoms with van der Waals surface area (Å²) in [6.45, 7) is 6.65. The van der Waals surface area contributed by atoms with Crippen molar-refractivity contribution in [1.29, 1.82) is 0 Å². The Morgan fingerprint density at radius 1 is 1.43 bits per heavy atom. The monoisotopic (exact) mass is 191 g/mol. The maximum Gasteiger partial charge on any atom is 0.258 e. The van der Waals surface area contributed by atoms with E-state index in [2.05, 4.69) is 9.97 Å². The maximum atomic E-state index is 11.9. The minimum absolute atomic E-state index is 0.0353. The predicted octanol–water partition coefficient (Wildman–Crippen LogP) is 1.23. The minimum atomic E-state index is -0.155. The van der Waals surface area contributed by atoms with Crippen LogP contribution in [0.5, 0.6) is 0 Å². The highest BCUT2D eigenvalue weighted by Crippen LogP contribution is 2.26. The molecule has 1 amide bonds. The van der Waals surface area contributed by atoms with Crippen molar-refractivity contribution in [2.24, 2.45) is 0 Å². The third-order valence-corrected chi connectivity index (χ3v) is 2.39. The van der Waals surface area contributed by atoms with Crippen LogP contribution in [0.3, 0.4) is 0 Å². The molecule has 0 spiro atoms. The lowest BCUT2D eigenvalue weighted by Gasteiger charge is -2.31. The highest BCUT2D eigenvalue weighted by Gasteiger charge is 2.35. The van der Waals surface area contributed by atoms with Crippen molar-refractivity contribution in [1.82, 2.24) is 14.9 Å². The molecular formula is C10H13N3O. The van der Waals surface area contributed by atoms with E-state index in [4.69, 9.17) is 0 Å². The van der Waals surface area contributed by atoms with Gasteiger partial charge in [0.05, 0.1) is 17.8 Å². The molecule has 14 heavy (non-hydrogen) atoms. The fourth-order valence-corrected chi connectivity index (χ4v) is 1.57. The number of carbonyl (C=O) groups is 1. The van der Waals surface area contributed by atoms with E-state index in [9.17, 15) is 4.79 Å². The van der Waals surface area contributed by atoms with Crippen LogP contribution in [-0.2, 0) is 6.54 Å². The summed E-state index contributed by atoms with van der Waals surface area (Å²) in [6.07, 6.45) is 3.08. The zero-order valence-corrected chi connectivity index (χ0v) is 8.61. The van der Waals surface area contributed by atoms with Gasteiger partial charge >= 0.3 is 0 Å². The average molecular weight is 191 g/mol. The van der Waals surface area contributed by atoms with Crippen molar-refractivity contribution < 1.29 is 4.79 Å². The molecule has 2 rings (SSSR count). The van der Waals surface area contributed by atoms with E-state index in [-0.39, 0.29) is 11.4 Å². The summed E-state index contributed by atoms with van der Waals surface area (Å²) in [4.78, 5) is 21.7. The summed E-state index contributed by atoms with van der Waals surface area (Å²) in [5.41, 5.74) is 1.32. The van der Waals surface area contributed by atoms with Crippen LogP contribution in [0, 0.1) is 0 Å². The Balaban J connectivity index is 2.40. The van der Waals surface area contributed by atoms with Crippen LogP contribution in [0.15, 0.2) is 12.5 Å². The third-order valence-electron chi connectivity index (χ3n) is 2.39. The van der Waals surface area contributed by atoms with Crippen LogP contribution < -0.4 is 0 Å². The Bertz CT molecular complexity index is 381. The fourth-order valence-electron chi connectivity index (χ4n) is 1.57. The van der Waals surface area contributed by atoms with E-state index in [1.54, 1.807) is 6.20 Å². The summed E-state index contributed by atoms with van der Waals surface area (Å²) in [5.74, 6) is 0.0353. The quantitative estimate of drug-likeness (QED) is 0.619. The van der Waals surface area contributed by atoms with Gasteiger partial charge in [0.15, 0.2) is 0 Å². The zero-order valence-electron chi connectivity index (χ0n) is 8.61. The molecule has 0 saturated heterocycles. The van der Waals surface area contributed by atoms with Gasteiger partial charge in [-0.05, 0) is 20.8 Å².